The van der Waals surface area contributed by atoms with E-state index in [9.17, 15) is 4.79 Å². The number of amides is 1. The number of piperidine rings is 1. The molecule has 3 aliphatic heterocycles. The van der Waals surface area contributed by atoms with Crippen molar-refractivity contribution in [1.82, 2.24) is 24.5 Å². The number of aromatic nitrogens is 2. The number of fused-ring (bicyclic) bond motifs is 1. The Morgan fingerprint density at radius 1 is 1.10 bits per heavy atom. The highest BCUT2D eigenvalue weighted by Gasteiger charge is 2.31. The number of rotatable bonds is 4. The van der Waals surface area contributed by atoms with E-state index >= 15 is 0 Å². The maximum Gasteiger partial charge on any atom is 0.272 e. The average molecular weight is 412 g/mol. The smallest absolute Gasteiger partial charge is 0.272 e. The molecule has 0 radical (unpaired) electrons. The van der Waals surface area contributed by atoms with Crippen LogP contribution in [-0.4, -0.2) is 82.5 Å². The number of piperazine rings is 1. The fourth-order valence-electron chi connectivity index (χ4n) is 4.77. The molecule has 160 valence electrons. The van der Waals surface area contributed by atoms with Crippen molar-refractivity contribution in [2.24, 2.45) is 7.05 Å². The first-order valence-corrected chi connectivity index (χ1v) is 10.8. The highest BCUT2D eigenvalue weighted by atomic mass is 16.7. The van der Waals surface area contributed by atoms with Crippen molar-refractivity contribution >= 4 is 5.91 Å². The standard InChI is InChI=1S/C22H29N5O3/c1-24-19(6-7-23-24)22(28)27-8-2-3-18(15-27)26-11-9-25(10-12-26)14-17-4-5-20-21(13-17)30-16-29-20/h4-7,13,18H,2-3,8-12,14-16H2,1H3/t18-/m1/s1. The van der Waals surface area contributed by atoms with Crippen LogP contribution in [0.2, 0.25) is 0 Å². The Morgan fingerprint density at radius 3 is 2.73 bits per heavy atom. The zero-order chi connectivity index (χ0) is 20.5. The normalized spacial score (nSPS) is 22.4. The lowest BCUT2D eigenvalue weighted by Crippen LogP contribution is -2.55. The van der Waals surface area contributed by atoms with Crippen LogP contribution in [0.4, 0.5) is 0 Å². The van der Waals surface area contributed by atoms with Crippen LogP contribution >= 0.6 is 0 Å². The number of benzene rings is 1. The third-order valence-corrected chi connectivity index (χ3v) is 6.49. The van der Waals surface area contributed by atoms with Crippen LogP contribution in [0.3, 0.4) is 0 Å². The van der Waals surface area contributed by atoms with Crippen molar-refractivity contribution in [3.8, 4) is 11.5 Å². The number of aryl methyl sites for hydroxylation is 1. The molecule has 2 aromatic rings. The molecule has 8 nitrogen and oxygen atoms in total. The Bertz CT molecular complexity index is 906. The van der Waals surface area contributed by atoms with Crippen LogP contribution in [0.1, 0.15) is 28.9 Å². The van der Waals surface area contributed by atoms with E-state index in [1.807, 2.05) is 18.0 Å². The zero-order valence-corrected chi connectivity index (χ0v) is 17.5. The second kappa shape index (κ2) is 8.28. The Labute approximate surface area is 176 Å². The molecule has 0 N–H and O–H groups in total. The van der Waals surface area contributed by atoms with Gasteiger partial charge in [-0.05, 0) is 36.6 Å². The molecule has 0 saturated carbocycles. The Kier molecular flexibility index (Phi) is 5.35. The third kappa shape index (κ3) is 3.89. The lowest BCUT2D eigenvalue weighted by molar-refractivity contribution is 0.0401. The molecular weight excluding hydrogens is 382 g/mol. The van der Waals surface area contributed by atoms with Gasteiger partial charge in [0, 0.05) is 65.1 Å². The summed E-state index contributed by atoms with van der Waals surface area (Å²) in [6, 6.07) is 8.48. The first kappa shape index (κ1) is 19.4. The van der Waals surface area contributed by atoms with E-state index in [-0.39, 0.29) is 5.91 Å². The van der Waals surface area contributed by atoms with Gasteiger partial charge < -0.3 is 14.4 Å². The molecule has 2 saturated heterocycles. The van der Waals surface area contributed by atoms with Crippen LogP contribution in [0.15, 0.2) is 30.5 Å². The number of carbonyl (C=O) groups excluding carboxylic acids is 1. The van der Waals surface area contributed by atoms with Gasteiger partial charge in [-0.1, -0.05) is 6.07 Å². The summed E-state index contributed by atoms with van der Waals surface area (Å²) < 4.78 is 12.6. The zero-order valence-electron chi connectivity index (χ0n) is 17.5. The lowest BCUT2D eigenvalue weighted by Gasteiger charge is -2.43. The summed E-state index contributed by atoms with van der Waals surface area (Å²) in [7, 11) is 1.83. The molecule has 1 amide bonds. The maximum absolute atomic E-state index is 12.9. The summed E-state index contributed by atoms with van der Waals surface area (Å²) in [4.78, 5) is 19.9. The van der Waals surface area contributed by atoms with Gasteiger partial charge in [-0.2, -0.15) is 5.10 Å². The second-order valence-electron chi connectivity index (χ2n) is 8.39. The van der Waals surface area contributed by atoms with Crippen LogP contribution < -0.4 is 9.47 Å². The summed E-state index contributed by atoms with van der Waals surface area (Å²) in [6.07, 6.45) is 3.91. The van der Waals surface area contributed by atoms with Crippen molar-refractivity contribution < 1.29 is 14.3 Å². The minimum atomic E-state index is 0.0983. The number of nitrogens with zero attached hydrogens (tertiary/aromatic N) is 5. The minimum absolute atomic E-state index is 0.0983. The van der Waals surface area contributed by atoms with Crippen molar-refractivity contribution in [2.45, 2.75) is 25.4 Å². The van der Waals surface area contributed by atoms with Crippen LogP contribution in [0.5, 0.6) is 11.5 Å². The van der Waals surface area contributed by atoms with Gasteiger partial charge in [0.1, 0.15) is 5.69 Å². The highest BCUT2D eigenvalue weighted by Crippen LogP contribution is 2.33. The van der Waals surface area contributed by atoms with E-state index in [2.05, 4.69) is 27.0 Å². The van der Waals surface area contributed by atoms with E-state index in [0.29, 0.717) is 18.5 Å². The molecule has 1 atom stereocenters. The molecular formula is C22H29N5O3. The van der Waals surface area contributed by atoms with Gasteiger partial charge in [0.15, 0.2) is 11.5 Å². The third-order valence-electron chi connectivity index (χ3n) is 6.49. The molecule has 4 heterocycles. The Hall–Kier alpha value is -2.58. The SMILES string of the molecule is Cn1nccc1C(=O)N1CCC[C@@H](N2CCN(Cc3ccc4c(c3)OCO4)CC2)C1. The van der Waals surface area contributed by atoms with Gasteiger partial charge in [-0.15, -0.1) is 0 Å². The number of likely N-dealkylation sites (tertiary alicyclic amines) is 1. The Balaban J connectivity index is 1.14. The molecule has 1 aromatic carbocycles. The van der Waals surface area contributed by atoms with Crippen molar-refractivity contribution in [3.63, 3.8) is 0 Å². The van der Waals surface area contributed by atoms with Gasteiger partial charge in [0.2, 0.25) is 6.79 Å². The van der Waals surface area contributed by atoms with E-state index < -0.39 is 0 Å². The molecule has 8 heteroatoms. The number of hydrogen-bond acceptors (Lipinski definition) is 6. The second-order valence-corrected chi connectivity index (χ2v) is 8.39. The molecule has 1 aromatic heterocycles. The van der Waals surface area contributed by atoms with Crippen molar-refractivity contribution in [3.05, 3.63) is 41.7 Å². The predicted molar refractivity (Wildman–Crippen MR) is 112 cm³/mol. The fraction of sp³-hybridized carbons (Fsp3) is 0.545. The number of carbonyl (C=O) groups is 1. The molecule has 0 bridgehead atoms. The summed E-state index contributed by atoms with van der Waals surface area (Å²) >= 11 is 0. The van der Waals surface area contributed by atoms with Gasteiger partial charge >= 0.3 is 0 Å². The van der Waals surface area contributed by atoms with Gasteiger partial charge in [0.25, 0.3) is 5.91 Å². The predicted octanol–water partition coefficient (Wildman–Crippen LogP) is 1.57. The molecule has 2 fully saturated rings. The van der Waals surface area contributed by atoms with E-state index in [1.54, 1.807) is 16.9 Å². The van der Waals surface area contributed by atoms with Crippen molar-refractivity contribution in [2.75, 3.05) is 46.1 Å². The number of ether oxygens (including phenoxy) is 2. The highest BCUT2D eigenvalue weighted by molar-refractivity contribution is 5.92. The lowest BCUT2D eigenvalue weighted by atomic mass is 10.0. The van der Waals surface area contributed by atoms with E-state index in [0.717, 1.165) is 70.2 Å². The van der Waals surface area contributed by atoms with Crippen LogP contribution in [-0.2, 0) is 13.6 Å². The van der Waals surface area contributed by atoms with Gasteiger partial charge in [-0.25, -0.2) is 0 Å². The maximum atomic E-state index is 12.9. The van der Waals surface area contributed by atoms with Gasteiger partial charge in [0.05, 0.1) is 0 Å². The quantitative estimate of drug-likeness (QED) is 0.761. The molecule has 5 rings (SSSR count). The molecule has 0 spiro atoms. The Morgan fingerprint density at radius 2 is 1.93 bits per heavy atom. The largest absolute Gasteiger partial charge is 0.454 e. The summed E-state index contributed by atoms with van der Waals surface area (Å²) in [5.74, 6) is 1.79. The fourth-order valence-corrected chi connectivity index (χ4v) is 4.77. The minimum Gasteiger partial charge on any atom is -0.454 e. The van der Waals surface area contributed by atoms with E-state index in [4.69, 9.17) is 9.47 Å². The van der Waals surface area contributed by atoms with E-state index in [1.165, 1.54) is 5.56 Å². The summed E-state index contributed by atoms with van der Waals surface area (Å²) in [5, 5.41) is 4.14. The molecule has 0 aliphatic carbocycles. The molecule has 30 heavy (non-hydrogen) atoms. The first-order valence-electron chi connectivity index (χ1n) is 10.8. The van der Waals surface area contributed by atoms with Gasteiger partial charge in [-0.3, -0.25) is 19.3 Å². The summed E-state index contributed by atoms with van der Waals surface area (Å²) in [5.41, 5.74) is 1.93. The topological polar surface area (TPSA) is 63.1 Å². The molecule has 0 unspecified atom stereocenters. The van der Waals surface area contributed by atoms with Crippen LogP contribution in [0.25, 0.3) is 0 Å². The monoisotopic (exact) mass is 411 g/mol. The average Bonchev–Trinajstić information content (AvgIpc) is 3.42. The molecule has 3 aliphatic rings. The first-order chi connectivity index (χ1) is 14.7. The number of hydrogen-bond donors (Lipinski definition) is 0. The van der Waals surface area contributed by atoms with Crippen molar-refractivity contribution in [1.29, 1.82) is 0 Å². The summed E-state index contributed by atoms with van der Waals surface area (Å²) in [6.45, 7) is 7.07. The van der Waals surface area contributed by atoms with Crippen LogP contribution in [0, 0.1) is 0 Å².